The van der Waals surface area contributed by atoms with Crippen LogP contribution >= 0.6 is 0 Å². The average molecular weight is 755 g/mol. The zero-order chi connectivity index (χ0) is 39.3. The van der Waals surface area contributed by atoms with Gasteiger partial charge in [0.25, 0.3) is 0 Å². The molecule has 0 fully saturated rings. The van der Waals surface area contributed by atoms with Crippen LogP contribution in [0.15, 0.2) is 60.8 Å². The first-order valence-corrected chi connectivity index (χ1v) is 22.8. The van der Waals surface area contributed by atoms with Crippen LogP contribution in [-0.2, 0) is 23.8 Å². The minimum atomic E-state index is -0.548. The molecule has 54 heavy (non-hydrogen) atoms. The quantitative estimate of drug-likeness (QED) is 0.0353. The summed E-state index contributed by atoms with van der Waals surface area (Å²) < 4.78 is 17.3. The molecule has 0 bridgehead atoms. The Kier molecular flexibility index (Phi) is 43.0. The van der Waals surface area contributed by atoms with Gasteiger partial charge in [-0.3, -0.25) is 9.59 Å². The molecule has 0 heterocycles. The van der Waals surface area contributed by atoms with Gasteiger partial charge in [0.1, 0.15) is 6.61 Å². The Morgan fingerprint density at radius 2 is 0.833 bits per heavy atom. The molecule has 5 heteroatoms. The molecule has 0 aliphatic rings. The third-order valence-electron chi connectivity index (χ3n) is 9.51. The van der Waals surface area contributed by atoms with Crippen molar-refractivity contribution in [3.63, 3.8) is 0 Å². The molecule has 1 unspecified atom stereocenters. The van der Waals surface area contributed by atoms with Gasteiger partial charge < -0.3 is 14.2 Å². The first-order valence-electron chi connectivity index (χ1n) is 22.8. The van der Waals surface area contributed by atoms with E-state index in [2.05, 4.69) is 81.5 Å². The van der Waals surface area contributed by atoms with E-state index in [1.165, 1.54) is 96.3 Å². The van der Waals surface area contributed by atoms with E-state index in [0.717, 1.165) is 83.5 Å². The zero-order valence-electron chi connectivity index (χ0n) is 35.7. The fourth-order valence-electron chi connectivity index (χ4n) is 6.07. The summed E-state index contributed by atoms with van der Waals surface area (Å²) in [7, 11) is 0. The molecule has 312 valence electrons. The maximum absolute atomic E-state index is 12.7. The standard InChI is InChI=1S/C49H86O5/c1-4-7-10-13-16-19-22-24-25-26-28-30-33-36-39-42-48(50)53-46-47(45-52-44-41-38-35-32-29-23-20-17-14-11-8-5-2)54-49(51)43-40-37-34-31-27-21-18-15-12-9-6-3/h7,10,14-19,24-25,47H,4-6,8-9,11-13,20-23,26-46H2,1-3H3/b10-7-,17-14-,18-15-,19-16-,25-24-. The molecule has 5 nitrogen and oxygen atoms in total. The first kappa shape index (κ1) is 51.6. The third kappa shape index (κ3) is 42.3. The van der Waals surface area contributed by atoms with Crippen LogP contribution in [0.5, 0.6) is 0 Å². The van der Waals surface area contributed by atoms with E-state index in [-0.39, 0.29) is 25.2 Å². The van der Waals surface area contributed by atoms with Crippen LogP contribution < -0.4 is 0 Å². The molecule has 0 spiro atoms. The molecule has 0 aliphatic carbocycles. The van der Waals surface area contributed by atoms with Crippen molar-refractivity contribution in [3.8, 4) is 0 Å². The molecule has 0 aromatic heterocycles. The highest BCUT2D eigenvalue weighted by Crippen LogP contribution is 2.13. The van der Waals surface area contributed by atoms with Crippen molar-refractivity contribution in [2.24, 2.45) is 0 Å². The van der Waals surface area contributed by atoms with Crippen LogP contribution in [0.1, 0.15) is 213 Å². The maximum atomic E-state index is 12.7. The minimum absolute atomic E-state index is 0.0696. The molecule has 0 saturated carbocycles. The van der Waals surface area contributed by atoms with Crippen molar-refractivity contribution in [1.29, 1.82) is 0 Å². The average Bonchev–Trinajstić information content (AvgIpc) is 3.17. The number of esters is 2. The normalized spacial score (nSPS) is 12.7. The second kappa shape index (κ2) is 45.0. The van der Waals surface area contributed by atoms with Gasteiger partial charge in [-0.2, -0.15) is 0 Å². The van der Waals surface area contributed by atoms with E-state index in [1.807, 2.05) is 0 Å². The van der Waals surface area contributed by atoms with Gasteiger partial charge >= 0.3 is 11.9 Å². The lowest BCUT2D eigenvalue weighted by Crippen LogP contribution is -2.30. The van der Waals surface area contributed by atoms with Crippen LogP contribution in [0.4, 0.5) is 0 Å². The molecular formula is C49H86O5. The zero-order valence-corrected chi connectivity index (χ0v) is 35.7. The molecule has 1 atom stereocenters. The van der Waals surface area contributed by atoms with Gasteiger partial charge in [-0.1, -0.05) is 171 Å². The number of carbonyl (C=O) groups is 2. The van der Waals surface area contributed by atoms with Gasteiger partial charge in [-0.25, -0.2) is 0 Å². The predicted octanol–water partition coefficient (Wildman–Crippen LogP) is 15.0. The second-order valence-electron chi connectivity index (χ2n) is 14.9. The van der Waals surface area contributed by atoms with E-state index in [9.17, 15) is 9.59 Å². The number of unbranched alkanes of at least 4 members (excludes halogenated alkanes) is 20. The lowest BCUT2D eigenvalue weighted by atomic mass is 10.1. The van der Waals surface area contributed by atoms with Gasteiger partial charge in [-0.05, 0) is 89.9 Å². The monoisotopic (exact) mass is 755 g/mol. The fraction of sp³-hybridized carbons (Fsp3) is 0.755. The van der Waals surface area contributed by atoms with Crippen molar-refractivity contribution in [2.45, 2.75) is 219 Å². The summed E-state index contributed by atoms with van der Waals surface area (Å²) >= 11 is 0. The Balaban J connectivity index is 4.29. The van der Waals surface area contributed by atoms with Crippen LogP contribution in [-0.4, -0.2) is 37.9 Å². The van der Waals surface area contributed by atoms with Crippen molar-refractivity contribution in [1.82, 2.24) is 0 Å². The Hall–Kier alpha value is -2.40. The van der Waals surface area contributed by atoms with Crippen molar-refractivity contribution in [2.75, 3.05) is 19.8 Å². The predicted molar refractivity (Wildman–Crippen MR) is 233 cm³/mol. The number of carbonyl (C=O) groups excluding carboxylic acids is 2. The topological polar surface area (TPSA) is 61.8 Å². The molecule has 0 rings (SSSR count). The third-order valence-corrected chi connectivity index (χ3v) is 9.51. The summed E-state index contributed by atoms with van der Waals surface area (Å²) in [5, 5.41) is 0. The number of hydrogen-bond acceptors (Lipinski definition) is 5. The van der Waals surface area contributed by atoms with E-state index in [1.54, 1.807) is 0 Å². The Morgan fingerprint density at radius 3 is 1.35 bits per heavy atom. The highest BCUT2D eigenvalue weighted by molar-refractivity contribution is 5.70. The van der Waals surface area contributed by atoms with E-state index in [0.29, 0.717) is 19.4 Å². The van der Waals surface area contributed by atoms with Gasteiger partial charge in [0, 0.05) is 19.4 Å². The number of allylic oxidation sites excluding steroid dienone is 10. The summed E-state index contributed by atoms with van der Waals surface area (Å²) in [6.45, 7) is 7.61. The lowest BCUT2D eigenvalue weighted by molar-refractivity contribution is -0.163. The summed E-state index contributed by atoms with van der Waals surface area (Å²) in [5.74, 6) is -0.432. The van der Waals surface area contributed by atoms with Gasteiger partial charge in [0.2, 0.25) is 0 Å². The molecule has 0 aromatic carbocycles. The van der Waals surface area contributed by atoms with Crippen LogP contribution in [0.25, 0.3) is 0 Å². The van der Waals surface area contributed by atoms with Gasteiger partial charge in [-0.15, -0.1) is 0 Å². The van der Waals surface area contributed by atoms with Crippen LogP contribution in [0.2, 0.25) is 0 Å². The SMILES string of the molecule is CC/C=C\C/C=C\C/C=C\CCCCCCCC(=O)OCC(COCCCCCCCC/C=C\CCCC)OC(=O)CCCCCCC/C=C\CCCC. The summed E-state index contributed by atoms with van der Waals surface area (Å²) in [5.41, 5.74) is 0. The number of ether oxygens (including phenoxy) is 3. The summed E-state index contributed by atoms with van der Waals surface area (Å²) in [6, 6.07) is 0. The summed E-state index contributed by atoms with van der Waals surface area (Å²) in [4.78, 5) is 25.2. The molecule has 0 radical (unpaired) electrons. The highest BCUT2D eigenvalue weighted by Gasteiger charge is 2.17. The smallest absolute Gasteiger partial charge is 0.306 e. The number of rotatable bonds is 41. The highest BCUT2D eigenvalue weighted by atomic mass is 16.6. The summed E-state index contributed by atoms with van der Waals surface area (Å²) in [6.07, 6.45) is 55.0. The fourth-order valence-corrected chi connectivity index (χ4v) is 6.07. The second-order valence-corrected chi connectivity index (χ2v) is 14.9. The first-order chi connectivity index (χ1) is 26.6. The molecule has 0 amide bonds. The number of hydrogen-bond donors (Lipinski definition) is 0. The minimum Gasteiger partial charge on any atom is -0.462 e. The molecule has 0 N–H and O–H groups in total. The van der Waals surface area contributed by atoms with Crippen molar-refractivity contribution in [3.05, 3.63) is 60.8 Å². The Morgan fingerprint density at radius 1 is 0.426 bits per heavy atom. The molecule has 0 aromatic rings. The van der Waals surface area contributed by atoms with Crippen molar-refractivity contribution >= 4 is 11.9 Å². The van der Waals surface area contributed by atoms with E-state index >= 15 is 0 Å². The molecule has 0 aliphatic heterocycles. The Labute approximate surface area is 334 Å². The van der Waals surface area contributed by atoms with Gasteiger partial charge in [0.15, 0.2) is 6.10 Å². The van der Waals surface area contributed by atoms with Gasteiger partial charge in [0.05, 0.1) is 6.61 Å². The van der Waals surface area contributed by atoms with Crippen molar-refractivity contribution < 1.29 is 23.8 Å². The maximum Gasteiger partial charge on any atom is 0.306 e. The van der Waals surface area contributed by atoms with Crippen LogP contribution in [0.3, 0.4) is 0 Å². The molecule has 0 saturated heterocycles. The largest absolute Gasteiger partial charge is 0.462 e. The van der Waals surface area contributed by atoms with E-state index in [4.69, 9.17) is 14.2 Å². The van der Waals surface area contributed by atoms with E-state index < -0.39 is 6.10 Å². The van der Waals surface area contributed by atoms with Crippen LogP contribution in [0, 0.1) is 0 Å². The lowest BCUT2D eigenvalue weighted by Gasteiger charge is -2.18. The molecular weight excluding hydrogens is 669 g/mol. The Bertz CT molecular complexity index is 946.